The van der Waals surface area contributed by atoms with Crippen LogP contribution >= 0.6 is 0 Å². The average Bonchev–Trinajstić information content (AvgIpc) is 4.05. The standard InChI is InChI=1S/C26H29F3N2O4.C26H27N3O4/c1-33-23-15-21-22(16-24(23)34-2)35-17-18(25(21)32)6-3-4-9-30-10-12-31(13-11-30)20-8-5-7-19(14-20)26(27,28)29;30-26-18(16-31-23-15-25-24(14-20(23)26)32-17-33-25)4-1-2-9-28-10-12-29(13-11-28)22-6-3-5-21-19(22)7-8-27-21/h5,7-8,14-17H,3-4,6,9-13H2,1-2H3;3,5-8,14-16,27H,1-2,4,9-13,17H2. The summed E-state index contributed by atoms with van der Waals surface area (Å²) in [5.41, 5.74) is 4.81. The third-order valence-electron chi connectivity index (χ3n) is 13.2. The fourth-order valence-electron chi connectivity index (χ4n) is 9.37. The first-order valence-corrected chi connectivity index (χ1v) is 23.2. The Morgan fingerprint density at radius 3 is 1.82 bits per heavy atom. The van der Waals surface area contributed by atoms with Gasteiger partial charge in [0.05, 0.1) is 43.1 Å². The summed E-state index contributed by atoms with van der Waals surface area (Å²) in [7, 11) is 3.05. The van der Waals surface area contributed by atoms with E-state index in [-0.39, 0.29) is 17.7 Å². The summed E-state index contributed by atoms with van der Waals surface area (Å²) < 4.78 is 71.7. The maximum Gasteiger partial charge on any atom is 0.416 e. The number of hydrogen-bond donors (Lipinski definition) is 1. The largest absolute Gasteiger partial charge is 0.493 e. The number of anilines is 2. The van der Waals surface area contributed by atoms with Crippen LogP contribution in [0.4, 0.5) is 24.5 Å². The number of ether oxygens (including phenoxy) is 4. The summed E-state index contributed by atoms with van der Waals surface area (Å²) in [5, 5.41) is 2.32. The van der Waals surface area contributed by atoms with Gasteiger partial charge in [0.25, 0.3) is 0 Å². The van der Waals surface area contributed by atoms with E-state index in [0.29, 0.717) is 75.7 Å². The van der Waals surface area contributed by atoms with Crippen molar-refractivity contribution in [2.75, 3.05) is 96.3 Å². The van der Waals surface area contributed by atoms with Gasteiger partial charge in [-0.1, -0.05) is 12.1 Å². The Balaban J connectivity index is 0.000000170. The molecule has 0 atom stereocenters. The summed E-state index contributed by atoms with van der Waals surface area (Å²) in [6.45, 7) is 9.25. The third-order valence-corrected chi connectivity index (χ3v) is 13.2. The minimum atomic E-state index is -4.33. The van der Waals surface area contributed by atoms with Crippen molar-refractivity contribution >= 4 is 44.2 Å². The van der Waals surface area contributed by atoms with E-state index in [9.17, 15) is 22.8 Å². The second kappa shape index (κ2) is 20.7. The van der Waals surface area contributed by atoms with Crippen LogP contribution in [0.15, 0.2) is 110 Å². The molecule has 13 nitrogen and oxygen atoms in total. The molecule has 16 heteroatoms. The number of fused-ring (bicyclic) bond motifs is 4. The minimum absolute atomic E-state index is 0.0297. The van der Waals surface area contributed by atoms with Gasteiger partial charge in [-0.05, 0) is 100 Å². The number of H-pyrrole nitrogens is 1. The van der Waals surface area contributed by atoms with E-state index in [0.717, 1.165) is 96.1 Å². The van der Waals surface area contributed by atoms with Crippen molar-refractivity contribution in [3.8, 4) is 23.0 Å². The maximum atomic E-state index is 13.0. The quantitative estimate of drug-likeness (QED) is 0.105. The van der Waals surface area contributed by atoms with Gasteiger partial charge in [0.2, 0.25) is 6.79 Å². The Morgan fingerprint density at radius 1 is 0.618 bits per heavy atom. The van der Waals surface area contributed by atoms with E-state index in [2.05, 4.69) is 43.9 Å². The van der Waals surface area contributed by atoms with Crippen LogP contribution < -0.4 is 39.6 Å². The molecule has 0 bridgehead atoms. The van der Waals surface area contributed by atoms with Crippen molar-refractivity contribution in [2.45, 2.75) is 44.7 Å². The first kappa shape index (κ1) is 46.5. The third kappa shape index (κ3) is 10.4. The molecule has 1 N–H and O–H groups in total. The smallest absolute Gasteiger partial charge is 0.416 e. The van der Waals surface area contributed by atoms with Crippen LogP contribution in [0.25, 0.3) is 32.8 Å². The molecule has 0 amide bonds. The molecule has 0 saturated carbocycles. The Kier molecular flexibility index (Phi) is 14.1. The molecule has 0 spiro atoms. The zero-order valence-electron chi connectivity index (χ0n) is 38.4. The van der Waals surface area contributed by atoms with Gasteiger partial charge in [-0.15, -0.1) is 0 Å². The molecular formula is C52H56F3N5O8. The molecule has 2 fully saturated rings. The molecule has 3 aliphatic rings. The fourth-order valence-corrected chi connectivity index (χ4v) is 9.37. The number of aromatic amines is 1. The normalized spacial score (nSPS) is 15.5. The van der Waals surface area contributed by atoms with Gasteiger partial charge in [-0.2, -0.15) is 13.2 Å². The summed E-state index contributed by atoms with van der Waals surface area (Å²) >= 11 is 0. The molecule has 358 valence electrons. The van der Waals surface area contributed by atoms with E-state index >= 15 is 0 Å². The Labute approximate surface area is 391 Å². The van der Waals surface area contributed by atoms with E-state index in [1.807, 2.05) is 11.1 Å². The lowest BCUT2D eigenvalue weighted by Crippen LogP contribution is -2.46. The van der Waals surface area contributed by atoms with E-state index in [4.69, 9.17) is 27.8 Å². The number of aryl methyl sites for hydroxylation is 2. The van der Waals surface area contributed by atoms with Crippen molar-refractivity contribution in [3.05, 3.63) is 129 Å². The maximum absolute atomic E-state index is 13.0. The zero-order valence-corrected chi connectivity index (χ0v) is 38.4. The van der Waals surface area contributed by atoms with Gasteiger partial charge >= 0.3 is 6.18 Å². The topological polar surface area (TPSA) is 126 Å². The van der Waals surface area contributed by atoms with Gasteiger partial charge in [0.1, 0.15) is 11.2 Å². The molecule has 4 aromatic carbocycles. The van der Waals surface area contributed by atoms with Crippen molar-refractivity contribution < 1.29 is 41.0 Å². The summed E-state index contributed by atoms with van der Waals surface area (Å²) in [4.78, 5) is 38.4. The first-order valence-electron chi connectivity index (χ1n) is 23.2. The number of nitrogens with zero attached hydrogens (tertiary/aromatic N) is 4. The molecule has 0 aliphatic carbocycles. The van der Waals surface area contributed by atoms with Crippen molar-refractivity contribution in [1.82, 2.24) is 14.8 Å². The molecule has 68 heavy (non-hydrogen) atoms. The molecule has 0 radical (unpaired) electrons. The fraction of sp³-hybridized carbons (Fsp3) is 0.385. The Hall–Kier alpha value is -6.65. The van der Waals surface area contributed by atoms with Crippen molar-refractivity contribution in [3.63, 3.8) is 0 Å². The van der Waals surface area contributed by atoms with Crippen LogP contribution in [0.1, 0.15) is 42.4 Å². The number of methoxy groups -OCH3 is 2. The van der Waals surface area contributed by atoms with E-state index in [1.54, 1.807) is 36.6 Å². The molecule has 10 rings (SSSR count). The number of unbranched alkanes of at least 4 members (excludes halogenated alkanes) is 2. The van der Waals surface area contributed by atoms with Crippen LogP contribution in [-0.2, 0) is 19.0 Å². The molecule has 7 aromatic rings. The number of alkyl halides is 3. The lowest BCUT2D eigenvalue weighted by atomic mass is 10.1. The SMILES string of the molecule is COc1cc2occ(CCCCN3CCN(c4cccc(C(F)(F)F)c4)CC3)c(=O)c2cc1OC.O=c1c(CCCCN2CCN(c3cccc4[nH]ccc34)CC2)coc2cc3c(cc12)OCO3. The van der Waals surface area contributed by atoms with Crippen molar-refractivity contribution in [2.24, 2.45) is 0 Å². The van der Waals surface area contributed by atoms with Gasteiger partial charge < -0.3 is 42.6 Å². The highest BCUT2D eigenvalue weighted by atomic mass is 19.4. The van der Waals surface area contributed by atoms with Crippen LogP contribution in [0.5, 0.6) is 23.0 Å². The molecule has 2 saturated heterocycles. The highest BCUT2D eigenvalue weighted by Crippen LogP contribution is 2.36. The lowest BCUT2D eigenvalue weighted by molar-refractivity contribution is -0.137. The molecular weight excluding hydrogens is 880 g/mol. The number of benzene rings is 4. The zero-order chi connectivity index (χ0) is 47.2. The second-order valence-corrected chi connectivity index (χ2v) is 17.4. The van der Waals surface area contributed by atoms with Gasteiger partial charge in [-0.25, -0.2) is 0 Å². The lowest BCUT2D eigenvalue weighted by Gasteiger charge is -2.36. The monoisotopic (exact) mass is 935 g/mol. The Bertz CT molecular complexity index is 2970. The first-order chi connectivity index (χ1) is 33.1. The predicted molar refractivity (Wildman–Crippen MR) is 257 cm³/mol. The summed E-state index contributed by atoms with van der Waals surface area (Å²) in [6.07, 6.45) is 5.89. The van der Waals surface area contributed by atoms with Crippen LogP contribution in [0, 0.1) is 0 Å². The number of halogens is 3. The average molecular weight is 936 g/mol. The number of aromatic nitrogens is 1. The summed E-state index contributed by atoms with van der Waals surface area (Å²) in [5.74, 6) is 2.22. The number of rotatable bonds is 14. The molecule has 3 aromatic heterocycles. The van der Waals surface area contributed by atoms with Gasteiger partial charge in [0.15, 0.2) is 33.9 Å². The van der Waals surface area contributed by atoms with Crippen LogP contribution in [0.3, 0.4) is 0 Å². The number of piperazine rings is 2. The molecule has 6 heterocycles. The van der Waals surface area contributed by atoms with Crippen LogP contribution in [-0.4, -0.2) is 101 Å². The summed E-state index contributed by atoms with van der Waals surface area (Å²) in [6, 6.07) is 20.9. The van der Waals surface area contributed by atoms with Crippen LogP contribution in [0.2, 0.25) is 0 Å². The van der Waals surface area contributed by atoms with Gasteiger partial charge in [0, 0.05) is 104 Å². The molecule has 3 aliphatic heterocycles. The minimum Gasteiger partial charge on any atom is -0.493 e. The predicted octanol–water partition coefficient (Wildman–Crippen LogP) is 9.12. The number of nitrogens with one attached hydrogen (secondary N) is 1. The van der Waals surface area contributed by atoms with Gasteiger partial charge in [-0.3, -0.25) is 19.4 Å². The van der Waals surface area contributed by atoms with E-state index < -0.39 is 11.7 Å². The number of hydrogen-bond acceptors (Lipinski definition) is 12. The Morgan fingerprint density at radius 2 is 1.19 bits per heavy atom. The van der Waals surface area contributed by atoms with Crippen molar-refractivity contribution in [1.29, 1.82) is 0 Å². The highest BCUT2D eigenvalue weighted by molar-refractivity contribution is 5.92. The molecule has 0 unspecified atom stereocenters. The highest BCUT2D eigenvalue weighted by Gasteiger charge is 2.31. The van der Waals surface area contributed by atoms with E-state index in [1.165, 1.54) is 49.2 Å². The second-order valence-electron chi connectivity index (χ2n) is 17.4.